The Balaban J connectivity index is 2.53. The third-order valence-electron chi connectivity index (χ3n) is 1.78. The lowest BCUT2D eigenvalue weighted by atomic mass is 10.1. The summed E-state index contributed by atoms with van der Waals surface area (Å²) in [6, 6.07) is 7.90. The zero-order valence-electron chi connectivity index (χ0n) is 6.79. The van der Waals surface area contributed by atoms with E-state index in [0.717, 1.165) is 15.7 Å². The van der Waals surface area contributed by atoms with Gasteiger partial charge >= 0.3 is 0 Å². The normalized spacial score (nSPS) is 10.2. The van der Waals surface area contributed by atoms with Crippen molar-refractivity contribution in [2.24, 2.45) is 0 Å². The van der Waals surface area contributed by atoms with Gasteiger partial charge in [0.1, 0.15) is 0 Å². The van der Waals surface area contributed by atoms with Gasteiger partial charge in [0, 0.05) is 10.0 Å². The van der Waals surface area contributed by atoms with Crippen molar-refractivity contribution >= 4 is 21.6 Å². The monoisotopic (exact) mass is 237 g/mol. The molecule has 0 unspecified atom stereocenters. The third-order valence-corrected chi connectivity index (χ3v) is 2.28. The van der Waals surface area contributed by atoms with Gasteiger partial charge in [-0.05, 0) is 12.1 Å². The molecule has 0 bridgehead atoms. The Morgan fingerprint density at radius 3 is 2.85 bits per heavy atom. The van der Waals surface area contributed by atoms with Crippen molar-refractivity contribution in [3.8, 4) is 11.3 Å². The number of hydrogen-bond donors (Lipinski definition) is 2. The van der Waals surface area contributed by atoms with Gasteiger partial charge in [-0.15, -0.1) is 0 Å². The second-order valence-electron chi connectivity index (χ2n) is 2.71. The summed E-state index contributed by atoms with van der Waals surface area (Å²) in [6.45, 7) is 0. The minimum atomic E-state index is 0.665. The Morgan fingerprint density at radius 1 is 1.38 bits per heavy atom. The van der Waals surface area contributed by atoms with Crippen molar-refractivity contribution in [3.63, 3.8) is 0 Å². The van der Waals surface area contributed by atoms with Crippen LogP contribution in [0.4, 0.5) is 5.69 Å². The van der Waals surface area contributed by atoms with Gasteiger partial charge in [-0.1, -0.05) is 28.1 Å². The van der Waals surface area contributed by atoms with Crippen LogP contribution in [0.25, 0.3) is 11.3 Å². The van der Waals surface area contributed by atoms with Crippen LogP contribution in [-0.2, 0) is 0 Å². The summed E-state index contributed by atoms with van der Waals surface area (Å²) >= 11 is 3.40. The molecule has 0 aliphatic carbocycles. The van der Waals surface area contributed by atoms with Gasteiger partial charge in [0.2, 0.25) is 0 Å². The van der Waals surface area contributed by atoms with Gasteiger partial charge in [-0.2, -0.15) is 5.10 Å². The fourth-order valence-corrected chi connectivity index (χ4v) is 1.57. The molecule has 3 N–H and O–H groups in total. The molecule has 1 aromatic heterocycles. The molecule has 0 saturated carbocycles. The number of aromatic nitrogens is 2. The van der Waals surface area contributed by atoms with Crippen molar-refractivity contribution in [2.45, 2.75) is 0 Å². The summed E-state index contributed by atoms with van der Waals surface area (Å²) in [4.78, 5) is 0. The topological polar surface area (TPSA) is 54.7 Å². The van der Waals surface area contributed by atoms with Crippen LogP contribution in [0.3, 0.4) is 0 Å². The molecule has 4 heteroatoms. The van der Waals surface area contributed by atoms with E-state index in [1.54, 1.807) is 6.20 Å². The molecule has 0 fully saturated rings. The predicted octanol–water partition coefficient (Wildman–Crippen LogP) is 2.42. The number of aromatic amines is 1. The zero-order valence-corrected chi connectivity index (χ0v) is 8.38. The van der Waals surface area contributed by atoms with Gasteiger partial charge in [0.05, 0.1) is 17.6 Å². The van der Waals surface area contributed by atoms with Gasteiger partial charge in [-0.25, -0.2) is 0 Å². The molecule has 3 nitrogen and oxygen atoms in total. The Bertz CT molecular complexity index is 422. The predicted molar refractivity (Wildman–Crippen MR) is 56.1 cm³/mol. The smallest absolute Gasteiger partial charge is 0.0880 e. The molecular weight excluding hydrogens is 230 g/mol. The van der Waals surface area contributed by atoms with E-state index in [9.17, 15) is 0 Å². The summed E-state index contributed by atoms with van der Waals surface area (Å²) in [5.74, 6) is 0. The third kappa shape index (κ3) is 1.58. The first-order chi connectivity index (χ1) is 6.27. The van der Waals surface area contributed by atoms with E-state index in [1.807, 2.05) is 24.3 Å². The van der Waals surface area contributed by atoms with Crippen LogP contribution in [0.15, 0.2) is 34.9 Å². The van der Waals surface area contributed by atoms with Crippen LogP contribution in [0.2, 0.25) is 0 Å². The number of hydrogen-bond acceptors (Lipinski definition) is 2. The average Bonchev–Trinajstić information content (AvgIpc) is 2.51. The van der Waals surface area contributed by atoms with E-state index in [0.29, 0.717) is 5.69 Å². The Kier molecular flexibility index (Phi) is 2.06. The first-order valence-electron chi connectivity index (χ1n) is 3.82. The molecule has 1 heterocycles. The van der Waals surface area contributed by atoms with Crippen molar-refractivity contribution in [1.29, 1.82) is 0 Å². The second kappa shape index (κ2) is 3.22. The van der Waals surface area contributed by atoms with Gasteiger partial charge in [0.15, 0.2) is 0 Å². The molecule has 13 heavy (non-hydrogen) atoms. The molecule has 0 radical (unpaired) electrons. The van der Waals surface area contributed by atoms with E-state index in [-0.39, 0.29) is 0 Å². The molecule has 2 aromatic rings. The molecule has 0 spiro atoms. The first kappa shape index (κ1) is 8.31. The van der Waals surface area contributed by atoms with Gasteiger partial charge in [0.25, 0.3) is 0 Å². The highest BCUT2D eigenvalue weighted by atomic mass is 79.9. The SMILES string of the molecule is Nc1cn[nH]c1-c1cccc(Br)c1. The fourth-order valence-electron chi connectivity index (χ4n) is 1.17. The summed E-state index contributed by atoms with van der Waals surface area (Å²) in [5, 5.41) is 6.72. The molecular formula is C9H8BrN3. The maximum absolute atomic E-state index is 5.71. The minimum absolute atomic E-state index is 0.665. The molecule has 66 valence electrons. The first-order valence-corrected chi connectivity index (χ1v) is 4.61. The van der Waals surface area contributed by atoms with Crippen molar-refractivity contribution in [2.75, 3.05) is 5.73 Å². The fraction of sp³-hybridized carbons (Fsp3) is 0. The Morgan fingerprint density at radius 2 is 2.23 bits per heavy atom. The van der Waals surface area contributed by atoms with E-state index < -0.39 is 0 Å². The molecule has 0 saturated heterocycles. The number of halogens is 1. The lowest BCUT2D eigenvalue weighted by molar-refractivity contribution is 1.10. The number of nitrogens with two attached hydrogens (primary N) is 1. The number of nitrogen functional groups attached to an aromatic ring is 1. The molecule has 0 amide bonds. The van der Waals surface area contributed by atoms with E-state index in [4.69, 9.17) is 5.73 Å². The van der Waals surface area contributed by atoms with Crippen LogP contribution < -0.4 is 5.73 Å². The maximum Gasteiger partial charge on any atom is 0.0880 e. The Hall–Kier alpha value is -1.29. The number of anilines is 1. The van der Waals surface area contributed by atoms with Gasteiger partial charge in [-0.3, -0.25) is 5.10 Å². The average molecular weight is 238 g/mol. The summed E-state index contributed by atoms with van der Waals surface area (Å²) in [5.41, 5.74) is 8.27. The molecule has 2 rings (SSSR count). The molecule has 1 aromatic carbocycles. The lowest BCUT2D eigenvalue weighted by Crippen LogP contribution is -1.86. The van der Waals surface area contributed by atoms with E-state index in [1.165, 1.54) is 0 Å². The minimum Gasteiger partial charge on any atom is -0.396 e. The van der Waals surface area contributed by atoms with Crippen LogP contribution >= 0.6 is 15.9 Å². The van der Waals surface area contributed by atoms with Crippen LogP contribution in [0, 0.1) is 0 Å². The second-order valence-corrected chi connectivity index (χ2v) is 3.63. The number of H-pyrrole nitrogens is 1. The zero-order chi connectivity index (χ0) is 9.26. The molecule has 0 atom stereocenters. The van der Waals surface area contributed by atoms with Crippen molar-refractivity contribution in [3.05, 3.63) is 34.9 Å². The standard InChI is InChI=1S/C9H8BrN3/c10-7-3-1-2-6(4-7)9-8(11)5-12-13-9/h1-5H,11H2,(H,12,13). The van der Waals surface area contributed by atoms with Gasteiger partial charge < -0.3 is 5.73 Å². The van der Waals surface area contributed by atoms with E-state index in [2.05, 4.69) is 26.1 Å². The highest BCUT2D eigenvalue weighted by Crippen LogP contribution is 2.25. The highest BCUT2D eigenvalue weighted by Gasteiger charge is 2.03. The number of nitrogens with zero attached hydrogens (tertiary/aromatic N) is 1. The van der Waals surface area contributed by atoms with Crippen LogP contribution in [0.5, 0.6) is 0 Å². The highest BCUT2D eigenvalue weighted by molar-refractivity contribution is 9.10. The summed E-state index contributed by atoms with van der Waals surface area (Å²) in [7, 11) is 0. The summed E-state index contributed by atoms with van der Waals surface area (Å²) in [6.07, 6.45) is 1.61. The quantitative estimate of drug-likeness (QED) is 0.801. The Labute approximate surface area is 84.1 Å². The van der Waals surface area contributed by atoms with Crippen molar-refractivity contribution in [1.82, 2.24) is 10.2 Å². The lowest BCUT2D eigenvalue weighted by Gasteiger charge is -1.99. The van der Waals surface area contributed by atoms with Crippen LogP contribution in [0.1, 0.15) is 0 Å². The van der Waals surface area contributed by atoms with Crippen LogP contribution in [-0.4, -0.2) is 10.2 Å². The van der Waals surface area contributed by atoms with Crippen molar-refractivity contribution < 1.29 is 0 Å². The number of benzene rings is 1. The number of rotatable bonds is 1. The van der Waals surface area contributed by atoms with E-state index >= 15 is 0 Å². The number of nitrogens with one attached hydrogen (secondary N) is 1. The molecule has 0 aliphatic heterocycles. The largest absolute Gasteiger partial charge is 0.396 e. The summed E-state index contributed by atoms with van der Waals surface area (Å²) < 4.78 is 1.03. The molecule has 0 aliphatic rings. The maximum atomic E-state index is 5.71.